The van der Waals surface area contributed by atoms with Gasteiger partial charge in [-0.3, -0.25) is 4.99 Å². The maximum Gasteiger partial charge on any atom is 0.191 e. The van der Waals surface area contributed by atoms with Gasteiger partial charge in [0.25, 0.3) is 0 Å². The largest absolute Gasteiger partial charge is 0.385 e. The molecule has 23 heavy (non-hydrogen) atoms. The molecule has 2 rings (SSSR count). The van der Waals surface area contributed by atoms with Crippen LogP contribution in [0.1, 0.15) is 41.3 Å². The van der Waals surface area contributed by atoms with Crippen molar-refractivity contribution in [1.29, 1.82) is 0 Å². The third-order valence-electron chi connectivity index (χ3n) is 4.81. The lowest BCUT2D eigenvalue weighted by Gasteiger charge is -2.42. The molecule has 2 N–H and O–H groups in total. The van der Waals surface area contributed by atoms with E-state index < -0.39 is 0 Å². The predicted octanol–water partition coefficient (Wildman–Crippen LogP) is 2.67. The summed E-state index contributed by atoms with van der Waals surface area (Å²) in [5, 5.41) is 8.08. The van der Waals surface area contributed by atoms with Crippen molar-refractivity contribution in [1.82, 2.24) is 15.6 Å². The van der Waals surface area contributed by atoms with Gasteiger partial charge in [-0.25, -0.2) is 4.98 Å². The molecule has 0 saturated heterocycles. The second kappa shape index (κ2) is 8.64. The number of guanidine groups is 1. The van der Waals surface area contributed by atoms with Crippen molar-refractivity contribution in [2.24, 2.45) is 10.4 Å². The Bertz CT molecular complexity index is 503. The van der Waals surface area contributed by atoms with E-state index in [-0.39, 0.29) is 0 Å². The monoisotopic (exact) mass is 338 g/mol. The quantitative estimate of drug-likeness (QED) is 0.565. The molecule has 1 aromatic rings. The number of methoxy groups -OCH3 is 1. The van der Waals surface area contributed by atoms with Crippen molar-refractivity contribution in [3.8, 4) is 0 Å². The number of thiazole rings is 1. The van der Waals surface area contributed by atoms with Gasteiger partial charge >= 0.3 is 0 Å². The van der Waals surface area contributed by atoms with E-state index >= 15 is 0 Å². The summed E-state index contributed by atoms with van der Waals surface area (Å²) in [5.41, 5.74) is 1.55. The Labute approximate surface area is 144 Å². The fourth-order valence-electron chi connectivity index (χ4n) is 2.94. The smallest absolute Gasteiger partial charge is 0.191 e. The van der Waals surface area contributed by atoms with Gasteiger partial charge in [-0.05, 0) is 38.5 Å². The number of nitrogens with zero attached hydrogens (tertiary/aromatic N) is 2. The first-order valence-electron chi connectivity index (χ1n) is 8.45. The lowest BCUT2D eigenvalue weighted by atomic mass is 9.67. The van der Waals surface area contributed by atoms with E-state index in [0.717, 1.165) is 44.2 Å². The number of nitrogens with one attached hydrogen (secondary N) is 2. The Morgan fingerprint density at radius 1 is 1.35 bits per heavy atom. The first-order chi connectivity index (χ1) is 11.1. The highest BCUT2D eigenvalue weighted by Crippen LogP contribution is 2.43. The van der Waals surface area contributed by atoms with Crippen molar-refractivity contribution >= 4 is 17.3 Å². The molecule has 1 aliphatic carbocycles. The number of ether oxygens (including phenoxy) is 1. The van der Waals surface area contributed by atoms with E-state index in [0.29, 0.717) is 5.41 Å². The lowest BCUT2D eigenvalue weighted by Crippen LogP contribution is -2.47. The Balaban J connectivity index is 1.72. The molecule has 0 bridgehead atoms. The standard InChI is InChI=1S/C17H30N4OS/c1-13-14(2)23-15(21-13)6-10-19-16(18-3)20-12-17(7-5-8-17)9-11-22-4/h5-12H2,1-4H3,(H2,18,19,20). The van der Waals surface area contributed by atoms with Crippen molar-refractivity contribution < 1.29 is 4.74 Å². The minimum atomic E-state index is 0.400. The molecule has 0 aromatic carbocycles. The highest BCUT2D eigenvalue weighted by Gasteiger charge is 2.36. The fraction of sp³-hybridized carbons (Fsp3) is 0.765. The van der Waals surface area contributed by atoms with Crippen LogP contribution >= 0.6 is 11.3 Å². The molecule has 0 amide bonds. The maximum atomic E-state index is 5.25. The Morgan fingerprint density at radius 3 is 2.65 bits per heavy atom. The zero-order valence-electron chi connectivity index (χ0n) is 14.9. The van der Waals surface area contributed by atoms with Crippen molar-refractivity contribution in [3.05, 3.63) is 15.6 Å². The average Bonchev–Trinajstić information content (AvgIpc) is 2.82. The van der Waals surface area contributed by atoms with Gasteiger partial charge in [0.2, 0.25) is 0 Å². The topological polar surface area (TPSA) is 58.5 Å². The van der Waals surface area contributed by atoms with Crippen LogP contribution in [0.4, 0.5) is 0 Å². The van der Waals surface area contributed by atoms with Crippen LogP contribution in [-0.4, -0.2) is 44.8 Å². The number of aromatic nitrogens is 1. The normalized spacial score (nSPS) is 17.0. The molecule has 0 aliphatic heterocycles. The summed E-state index contributed by atoms with van der Waals surface area (Å²) in [5.74, 6) is 0.888. The van der Waals surface area contributed by atoms with E-state index in [4.69, 9.17) is 4.74 Å². The molecular formula is C17H30N4OS. The van der Waals surface area contributed by atoms with Crippen LogP contribution in [0.3, 0.4) is 0 Å². The van der Waals surface area contributed by atoms with Gasteiger partial charge in [0.15, 0.2) is 5.96 Å². The highest BCUT2D eigenvalue weighted by molar-refractivity contribution is 7.11. The van der Waals surface area contributed by atoms with Crippen LogP contribution in [0.5, 0.6) is 0 Å². The van der Waals surface area contributed by atoms with Gasteiger partial charge in [-0.2, -0.15) is 0 Å². The summed E-state index contributed by atoms with van der Waals surface area (Å²) in [4.78, 5) is 10.2. The summed E-state index contributed by atoms with van der Waals surface area (Å²) in [6, 6.07) is 0. The van der Waals surface area contributed by atoms with Crippen LogP contribution in [0.15, 0.2) is 4.99 Å². The fourth-order valence-corrected chi connectivity index (χ4v) is 3.87. The van der Waals surface area contributed by atoms with Crippen molar-refractivity contribution in [3.63, 3.8) is 0 Å². The summed E-state index contributed by atoms with van der Waals surface area (Å²) in [6.45, 7) is 6.88. The van der Waals surface area contributed by atoms with E-state index in [9.17, 15) is 0 Å². The number of aryl methyl sites for hydroxylation is 2. The zero-order valence-corrected chi connectivity index (χ0v) is 15.7. The molecule has 0 radical (unpaired) electrons. The molecule has 6 heteroatoms. The van der Waals surface area contributed by atoms with E-state index in [2.05, 4.69) is 34.5 Å². The molecule has 0 unspecified atom stereocenters. The number of hydrogen-bond donors (Lipinski definition) is 2. The van der Waals surface area contributed by atoms with Crippen molar-refractivity contribution in [2.45, 2.75) is 46.0 Å². The molecule has 130 valence electrons. The lowest BCUT2D eigenvalue weighted by molar-refractivity contribution is 0.0732. The molecule has 1 saturated carbocycles. The summed E-state index contributed by atoms with van der Waals surface area (Å²) < 4.78 is 5.25. The maximum absolute atomic E-state index is 5.25. The molecule has 0 spiro atoms. The third-order valence-corrected chi connectivity index (χ3v) is 5.94. The van der Waals surface area contributed by atoms with Crippen LogP contribution in [0.25, 0.3) is 0 Å². The molecule has 5 nitrogen and oxygen atoms in total. The van der Waals surface area contributed by atoms with E-state index in [1.165, 1.54) is 29.1 Å². The summed E-state index contributed by atoms with van der Waals surface area (Å²) in [6.07, 6.45) is 5.98. The van der Waals surface area contributed by atoms with Crippen LogP contribution < -0.4 is 10.6 Å². The van der Waals surface area contributed by atoms with Gasteiger partial charge in [-0.1, -0.05) is 6.42 Å². The second-order valence-electron chi connectivity index (χ2n) is 6.45. The van der Waals surface area contributed by atoms with Gasteiger partial charge < -0.3 is 15.4 Å². The SMILES string of the molecule is CN=C(NCCc1nc(C)c(C)s1)NCC1(CCOC)CCC1. The first-order valence-corrected chi connectivity index (χ1v) is 9.26. The third kappa shape index (κ3) is 5.18. The van der Waals surface area contributed by atoms with Gasteiger partial charge in [0.1, 0.15) is 0 Å². The van der Waals surface area contributed by atoms with Gasteiger partial charge in [0, 0.05) is 45.2 Å². The minimum Gasteiger partial charge on any atom is -0.385 e. The van der Waals surface area contributed by atoms with Gasteiger partial charge in [0.05, 0.1) is 10.7 Å². The molecule has 1 aromatic heterocycles. The van der Waals surface area contributed by atoms with Crippen LogP contribution in [0, 0.1) is 19.3 Å². The first kappa shape index (κ1) is 18.2. The predicted molar refractivity (Wildman–Crippen MR) is 97.4 cm³/mol. The minimum absolute atomic E-state index is 0.400. The molecule has 1 fully saturated rings. The van der Waals surface area contributed by atoms with Crippen LogP contribution in [-0.2, 0) is 11.2 Å². The Hall–Kier alpha value is -1.14. The second-order valence-corrected chi connectivity index (χ2v) is 7.74. The van der Waals surface area contributed by atoms with E-state index in [1.54, 1.807) is 18.4 Å². The molecule has 0 atom stereocenters. The number of hydrogen-bond acceptors (Lipinski definition) is 4. The molecule has 1 heterocycles. The Morgan fingerprint density at radius 2 is 2.13 bits per heavy atom. The van der Waals surface area contributed by atoms with Gasteiger partial charge in [-0.15, -0.1) is 11.3 Å². The van der Waals surface area contributed by atoms with E-state index in [1.807, 2.05) is 7.05 Å². The number of rotatable bonds is 8. The molecular weight excluding hydrogens is 308 g/mol. The number of aliphatic imine (C=N–C) groups is 1. The highest BCUT2D eigenvalue weighted by atomic mass is 32.1. The average molecular weight is 339 g/mol. The van der Waals surface area contributed by atoms with Crippen molar-refractivity contribution in [2.75, 3.05) is 33.9 Å². The zero-order chi connectivity index (χ0) is 16.7. The molecule has 1 aliphatic rings. The summed E-state index contributed by atoms with van der Waals surface area (Å²) >= 11 is 1.79. The Kier molecular flexibility index (Phi) is 6.84. The summed E-state index contributed by atoms with van der Waals surface area (Å²) in [7, 11) is 3.61. The van der Waals surface area contributed by atoms with Crippen LogP contribution in [0.2, 0.25) is 0 Å².